The van der Waals surface area contributed by atoms with Gasteiger partial charge in [0.15, 0.2) is 5.76 Å². The zero-order chi connectivity index (χ0) is 15.5. The number of amides is 1. The van der Waals surface area contributed by atoms with Crippen molar-refractivity contribution in [2.45, 2.75) is 6.92 Å². The van der Waals surface area contributed by atoms with Gasteiger partial charge in [-0.05, 0) is 19.1 Å². The van der Waals surface area contributed by atoms with Crippen molar-refractivity contribution in [3.63, 3.8) is 0 Å². The Bertz CT molecular complexity index is 649. The van der Waals surface area contributed by atoms with E-state index in [1.54, 1.807) is 24.1 Å². The van der Waals surface area contributed by atoms with Crippen LogP contribution in [0.5, 0.6) is 6.01 Å². The zero-order valence-electron chi connectivity index (χ0n) is 12.7. The van der Waals surface area contributed by atoms with Crippen molar-refractivity contribution in [2.24, 2.45) is 0 Å². The Kier molecular flexibility index (Phi) is 3.95. The first-order valence-corrected chi connectivity index (χ1v) is 7.15. The summed E-state index contributed by atoms with van der Waals surface area (Å²) in [5, 5.41) is 0. The Morgan fingerprint density at radius 3 is 2.68 bits per heavy atom. The van der Waals surface area contributed by atoms with E-state index in [9.17, 15) is 4.79 Å². The van der Waals surface area contributed by atoms with Crippen molar-refractivity contribution < 1.29 is 13.9 Å². The molecule has 0 N–H and O–H groups in total. The van der Waals surface area contributed by atoms with E-state index >= 15 is 0 Å². The first-order valence-electron chi connectivity index (χ1n) is 7.15. The van der Waals surface area contributed by atoms with E-state index in [2.05, 4.69) is 14.9 Å². The van der Waals surface area contributed by atoms with E-state index in [-0.39, 0.29) is 5.91 Å². The number of rotatable bonds is 3. The van der Waals surface area contributed by atoms with E-state index in [1.807, 2.05) is 13.0 Å². The number of carbonyl (C=O) groups is 1. The minimum absolute atomic E-state index is 0.0684. The summed E-state index contributed by atoms with van der Waals surface area (Å²) >= 11 is 0. The smallest absolute Gasteiger partial charge is 0.318 e. The Morgan fingerprint density at radius 2 is 2.05 bits per heavy atom. The minimum Gasteiger partial charge on any atom is -0.467 e. The lowest BCUT2D eigenvalue weighted by molar-refractivity contribution is 0.0714. The van der Waals surface area contributed by atoms with Gasteiger partial charge in [-0.2, -0.15) is 4.98 Å². The van der Waals surface area contributed by atoms with Gasteiger partial charge >= 0.3 is 6.01 Å². The first kappa shape index (κ1) is 14.4. The van der Waals surface area contributed by atoms with Crippen LogP contribution in [0.2, 0.25) is 0 Å². The molecule has 7 heteroatoms. The normalized spacial score (nSPS) is 15.0. The predicted molar refractivity (Wildman–Crippen MR) is 80.1 cm³/mol. The highest BCUT2D eigenvalue weighted by atomic mass is 16.5. The van der Waals surface area contributed by atoms with Crippen LogP contribution in [-0.2, 0) is 0 Å². The third-order valence-electron chi connectivity index (χ3n) is 3.63. The van der Waals surface area contributed by atoms with Crippen molar-refractivity contribution >= 4 is 11.7 Å². The molecule has 22 heavy (non-hydrogen) atoms. The van der Waals surface area contributed by atoms with Gasteiger partial charge in [-0.15, -0.1) is 0 Å². The van der Waals surface area contributed by atoms with Gasteiger partial charge in [-0.1, -0.05) is 0 Å². The van der Waals surface area contributed by atoms with E-state index in [0.717, 1.165) is 11.5 Å². The van der Waals surface area contributed by atoms with Gasteiger partial charge in [-0.25, -0.2) is 4.98 Å². The highest BCUT2D eigenvalue weighted by Crippen LogP contribution is 2.18. The summed E-state index contributed by atoms with van der Waals surface area (Å²) < 4.78 is 10.3. The molecule has 1 aliphatic rings. The van der Waals surface area contributed by atoms with Gasteiger partial charge in [0.1, 0.15) is 5.82 Å². The number of piperazine rings is 1. The lowest BCUT2D eigenvalue weighted by atomic mass is 10.2. The fraction of sp³-hybridized carbons (Fsp3) is 0.400. The van der Waals surface area contributed by atoms with Gasteiger partial charge in [0.05, 0.1) is 13.4 Å². The van der Waals surface area contributed by atoms with Crippen LogP contribution >= 0.6 is 0 Å². The maximum atomic E-state index is 12.2. The number of hydrogen-bond acceptors (Lipinski definition) is 6. The molecule has 2 aromatic heterocycles. The summed E-state index contributed by atoms with van der Waals surface area (Å²) in [7, 11) is 1.55. The van der Waals surface area contributed by atoms with Crippen LogP contribution in [0, 0.1) is 6.92 Å². The molecule has 3 rings (SSSR count). The molecule has 0 bridgehead atoms. The molecule has 1 amide bonds. The highest BCUT2D eigenvalue weighted by molar-refractivity contribution is 5.91. The number of nitrogens with zero attached hydrogens (tertiary/aromatic N) is 4. The van der Waals surface area contributed by atoms with Gasteiger partial charge in [0.2, 0.25) is 0 Å². The van der Waals surface area contributed by atoms with Gasteiger partial charge in [-0.3, -0.25) is 4.79 Å². The van der Waals surface area contributed by atoms with Crippen LogP contribution < -0.4 is 9.64 Å². The first-order chi connectivity index (χ1) is 10.7. The van der Waals surface area contributed by atoms with Gasteiger partial charge in [0.25, 0.3) is 5.91 Å². The highest BCUT2D eigenvalue weighted by Gasteiger charge is 2.24. The van der Waals surface area contributed by atoms with E-state index in [1.165, 1.54) is 6.26 Å². The quantitative estimate of drug-likeness (QED) is 0.852. The summed E-state index contributed by atoms with van der Waals surface area (Å²) in [6.07, 6.45) is 1.51. The predicted octanol–water partition coefficient (Wildman–Crippen LogP) is 1.35. The average molecular weight is 302 g/mol. The molecule has 3 heterocycles. The molecular weight excluding hydrogens is 284 g/mol. The van der Waals surface area contributed by atoms with Crippen molar-refractivity contribution in [3.05, 3.63) is 35.9 Å². The number of aryl methyl sites for hydroxylation is 1. The number of anilines is 1. The standard InChI is InChI=1S/C15H18N4O3/c1-11-10-13(17-15(16-11)21-2)18-5-7-19(8-6-18)14(20)12-4-3-9-22-12/h3-4,9-10H,5-8H2,1-2H3. The van der Waals surface area contributed by atoms with Gasteiger partial charge in [0, 0.05) is 37.9 Å². The fourth-order valence-electron chi connectivity index (χ4n) is 2.47. The molecule has 0 aliphatic carbocycles. The van der Waals surface area contributed by atoms with Crippen molar-refractivity contribution in [1.29, 1.82) is 0 Å². The van der Waals surface area contributed by atoms with Crippen LogP contribution in [-0.4, -0.2) is 54.1 Å². The lowest BCUT2D eigenvalue weighted by Gasteiger charge is -2.35. The summed E-state index contributed by atoms with van der Waals surface area (Å²) in [6.45, 7) is 4.60. The molecule has 1 aliphatic heterocycles. The zero-order valence-corrected chi connectivity index (χ0v) is 12.7. The summed E-state index contributed by atoms with van der Waals surface area (Å²) in [6, 6.07) is 5.70. The number of methoxy groups -OCH3 is 1. The third-order valence-corrected chi connectivity index (χ3v) is 3.63. The van der Waals surface area contributed by atoms with E-state index in [4.69, 9.17) is 9.15 Å². The molecule has 2 aromatic rings. The second kappa shape index (κ2) is 6.05. The van der Waals surface area contributed by atoms with Gasteiger partial charge < -0.3 is 19.0 Å². The number of ether oxygens (including phenoxy) is 1. The lowest BCUT2D eigenvalue weighted by Crippen LogP contribution is -2.49. The molecular formula is C15H18N4O3. The molecule has 116 valence electrons. The summed E-state index contributed by atoms with van der Waals surface area (Å²) in [5.41, 5.74) is 0.857. The maximum absolute atomic E-state index is 12.2. The van der Waals surface area contributed by atoms with E-state index < -0.39 is 0 Å². The number of carbonyl (C=O) groups excluding carboxylic acids is 1. The molecule has 0 atom stereocenters. The summed E-state index contributed by atoms with van der Waals surface area (Å²) in [4.78, 5) is 24.7. The van der Waals surface area contributed by atoms with Crippen LogP contribution in [0.1, 0.15) is 16.2 Å². The molecule has 0 radical (unpaired) electrons. The monoisotopic (exact) mass is 302 g/mol. The second-order valence-corrected chi connectivity index (χ2v) is 5.11. The SMILES string of the molecule is COc1nc(C)cc(N2CCN(C(=O)c3ccco3)CC2)n1. The Labute approximate surface area is 128 Å². The van der Waals surface area contributed by atoms with Crippen LogP contribution in [0.25, 0.3) is 0 Å². The topological polar surface area (TPSA) is 71.7 Å². The average Bonchev–Trinajstić information content (AvgIpc) is 3.08. The molecule has 0 saturated carbocycles. The van der Waals surface area contributed by atoms with Crippen LogP contribution in [0.15, 0.2) is 28.9 Å². The molecule has 7 nitrogen and oxygen atoms in total. The number of hydrogen-bond donors (Lipinski definition) is 0. The van der Waals surface area contributed by atoms with E-state index in [0.29, 0.717) is 37.9 Å². The molecule has 0 unspecified atom stereocenters. The molecule has 0 spiro atoms. The minimum atomic E-state index is -0.0684. The van der Waals surface area contributed by atoms with Crippen molar-refractivity contribution in [3.8, 4) is 6.01 Å². The van der Waals surface area contributed by atoms with Crippen LogP contribution in [0.4, 0.5) is 5.82 Å². The van der Waals surface area contributed by atoms with Crippen molar-refractivity contribution in [2.75, 3.05) is 38.2 Å². The Hall–Kier alpha value is -2.57. The molecule has 1 fully saturated rings. The Morgan fingerprint density at radius 1 is 1.27 bits per heavy atom. The second-order valence-electron chi connectivity index (χ2n) is 5.11. The van der Waals surface area contributed by atoms with Crippen molar-refractivity contribution in [1.82, 2.24) is 14.9 Å². The largest absolute Gasteiger partial charge is 0.467 e. The molecule has 0 aromatic carbocycles. The van der Waals surface area contributed by atoms with Crippen LogP contribution in [0.3, 0.4) is 0 Å². The number of aromatic nitrogens is 2. The fourth-order valence-corrected chi connectivity index (χ4v) is 2.47. The third kappa shape index (κ3) is 2.88. The summed E-state index contributed by atoms with van der Waals surface area (Å²) in [5.74, 6) is 1.14. The number of furan rings is 1. The molecule has 1 saturated heterocycles. The Balaban J connectivity index is 1.67. The maximum Gasteiger partial charge on any atom is 0.318 e.